The van der Waals surface area contributed by atoms with Crippen LogP contribution in [-0.2, 0) is 5.41 Å². The zero-order valence-electron chi connectivity index (χ0n) is 10.5. The van der Waals surface area contributed by atoms with Crippen molar-refractivity contribution in [2.24, 2.45) is 0 Å². The molecule has 0 aliphatic carbocycles. The third-order valence-corrected chi connectivity index (χ3v) is 2.86. The van der Waals surface area contributed by atoms with Crippen molar-refractivity contribution in [1.82, 2.24) is 9.97 Å². The van der Waals surface area contributed by atoms with Gasteiger partial charge in [0.15, 0.2) is 0 Å². The van der Waals surface area contributed by atoms with Crippen molar-refractivity contribution >= 4 is 5.95 Å². The van der Waals surface area contributed by atoms with Gasteiger partial charge in [0.1, 0.15) is 5.82 Å². The predicted octanol–water partition coefficient (Wildman–Crippen LogP) is 3.01. The van der Waals surface area contributed by atoms with Gasteiger partial charge in [-0.1, -0.05) is 26.0 Å². The molecule has 3 nitrogen and oxygen atoms in total. The summed E-state index contributed by atoms with van der Waals surface area (Å²) in [6.07, 6.45) is 3.37. The van der Waals surface area contributed by atoms with Crippen LogP contribution in [0.3, 0.4) is 0 Å². The highest BCUT2D eigenvalue weighted by Gasteiger charge is 2.21. The van der Waals surface area contributed by atoms with Gasteiger partial charge in [0.05, 0.1) is 0 Å². The first-order valence-electron chi connectivity index (χ1n) is 5.85. The van der Waals surface area contributed by atoms with E-state index in [1.807, 2.05) is 6.07 Å². The summed E-state index contributed by atoms with van der Waals surface area (Å²) >= 11 is 0. The number of aromatic nitrogens is 2. The topological polar surface area (TPSA) is 37.8 Å². The summed E-state index contributed by atoms with van der Waals surface area (Å²) < 4.78 is 13.2. The van der Waals surface area contributed by atoms with Crippen LogP contribution >= 0.6 is 0 Å². The molecule has 1 N–H and O–H groups in total. The van der Waals surface area contributed by atoms with Crippen molar-refractivity contribution in [2.45, 2.75) is 19.3 Å². The molecule has 1 aromatic heterocycles. The van der Waals surface area contributed by atoms with Crippen molar-refractivity contribution in [3.05, 3.63) is 54.1 Å². The second-order valence-corrected chi connectivity index (χ2v) is 4.82. The summed E-state index contributed by atoms with van der Waals surface area (Å²) in [7, 11) is 0. The lowest BCUT2D eigenvalue weighted by Crippen LogP contribution is -2.28. The molecule has 0 fully saturated rings. The van der Waals surface area contributed by atoms with E-state index in [2.05, 4.69) is 29.1 Å². The summed E-state index contributed by atoms with van der Waals surface area (Å²) in [5.74, 6) is 0.374. The molecule has 0 bridgehead atoms. The van der Waals surface area contributed by atoms with Gasteiger partial charge in [-0.25, -0.2) is 14.4 Å². The monoisotopic (exact) mass is 245 g/mol. The minimum atomic E-state index is -0.212. The molecule has 0 atom stereocenters. The minimum Gasteiger partial charge on any atom is -0.353 e. The van der Waals surface area contributed by atoms with E-state index in [4.69, 9.17) is 0 Å². The third-order valence-electron chi connectivity index (χ3n) is 2.86. The van der Waals surface area contributed by atoms with Crippen LogP contribution < -0.4 is 5.32 Å². The largest absolute Gasteiger partial charge is 0.353 e. The molecule has 2 rings (SSSR count). The van der Waals surface area contributed by atoms with E-state index in [0.29, 0.717) is 12.5 Å². The van der Waals surface area contributed by atoms with Gasteiger partial charge in [-0.15, -0.1) is 0 Å². The van der Waals surface area contributed by atoms with E-state index >= 15 is 0 Å². The second kappa shape index (κ2) is 5.12. The van der Waals surface area contributed by atoms with Crippen LogP contribution in [0.15, 0.2) is 42.7 Å². The highest BCUT2D eigenvalue weighted by molar-refractivity contribution is 5.30. The summed E-state index contributed by atoms with van der Waals surface area (Å²) in [6.45, 7) is 4.75. The van der Waals surface area contributed by atoms with Crippen molar-refractivity contribution < 1.29 is 4.39 Å². The van der Waals surface area contributed by atoms with Crippen LogP contribution in [0.5, 0.6) is 0 Å². The Labute approximate surface area is 106 Å². The quantitative estimate of drug-likeness (QED) is 0.899. The van der Waals surface area contributed by atoms with Crippen molar-refractivity contribution in [1.29, 1.82) is 0 Å². The second-order valence-electron chi connectivity index (χ2n) is 4.82. The number of halogens is 1. The zero-order valence-corrected chi connectivity index (χ0v) is 10.5. The number of hydrogen-bond acceptors (Lipinski definition) is 3. The maximum absolute atomic E-state index is 13.2. The van der Waals surface area contributed by atoms with E-state index in [-0.39, 0.29) is 11.2 Å². The van der Waals surface area contributed by atoms with E-state index in [1.165, 1.54) is 6.07 Å². The molecule has 2 aromatic rings. The molecule has 4 heteroatoms. The lowest BCUT2D eigenvalue weighted by atomic mass is 9.84. The fraction of sp³-hybridized carbons (Fsp3) is 0.286. The number of benzene rings is 1. The smallest absolute Gasteiger partial charge is 0.222 e. The van der Waals surface area contributed by atoms with Gasteiger partial charge in [-0.3, -0.25) is 0 Å². The Kier molecular flexibility index (Phi) is 3.55. The summed E-state index contributed by atoms with van der Waals surface area (Å²) in [5, 5.41) is 3.16. The molecular weight excluding hydrogens is 229 g/mol. The highest BCUT2D eigenvalue weighted by Crippen LogP contribution is 2.23. The Hall–Kier alpha value is -1.97. The lowest BCUT2D eigenvalue weighted by Gasteiger charge is -2.25. The molecule has 0 radical (unpaired) electrons. The van der Waals surface area contributed by atoms with Gasteiger partial charge in [-0.05, 0) is 23.8 Å². The first-order valence-corrected chi connectivity index (χ1v) is 5.85. The average molecular weight is 245 g/mol. The minimum absolute atomic E-state index is 0.193. The summed E-state index contributed by atoms with van der Waals surface area (Å²) in [6, 6.07) is 8.44. The predicted molar refractivity (Wildman–Crippen MR) is 69.9 cm³/mol. The van der Waals surface area contributed by atoms with Crippen LogP contribution in [0.25, 0.3) is 0 Å². The molecule has 0 saturated carbocycles. The maximum atomic E-state index is 13.2. The van der Waals surface area contributed by atoms with E-state index in [1.54, 1.807) is 30.6 Å². The standard InChI is InChI=1S/C14H16FN3/c1-14(2,11-5-3-6-12(15)9-11)10-18-13-16-7-4-8-17-13/h3-9H,10H2,1-2H3,(H,16,17,18). The van der Waals surface area contributed by atoms with Gasteiger partial charge in [-0.2, -0.15) is 0 Å². The van der Waals surface area contributed by atoms with Crippen molar-refractivity contribution in [3.8, 4) is 0 Å². The van der Waals surface area contributed by atoms with Gasteiger partial charge < -0.3 is 5.32 Å². The number of rotatable bonds is 4. The number of anilines is 1. The van der Waals surface area contributed by atoms with Crippen LogP contribution in [0, 0.1) is 5.82 Å². The molecule has 0 aliphatic heterocycles. The Bertz CT molecular complexity index is 511. The molecule has 1 aromatic carbocycles. The zero-order chi connectivity index (χ0) is 13.0. The van der Waals surface area contributed by atoms with E-state index < -0.39 is 0 Å². The molecule has 18 heavy (non-hydrogen) atoms. The molecule has 0 aliphatic rings. The molecule has 94 valence electrons. The van der Waals surface area contributed by atoms with Crippen molar-refractivity contribution in [2.75, 3.05) is 11.9 Å². The SMILES string of the molecule is CC(C)(CNc1ncccn1)c1cccc(F)c1. The Balaban J connectivity index is 2.08. The Morgan fingerprint density at radius 1 is 1.17 bits per heavy atom. The molecule has 0 amide bonds. The average Bonchev–Trinajstić information content (AvgIpc) is 2.38. The first kappa shape index (κ1) is 12.5. The van der Waals surface area contributed by atoms with Crippen LogP contribution in [0.1, 0.15) is 19.4 Å². The van der Waals surface area contributed by atoms with E-state index in [9.17, 15) is 4.39 Å². The summed E-state index contributed by atoms with van der Waals surface area (Å²) in [4.78, 5) is 8.19. The van der Waals surface area contributed by atoms with Gasteiger partial charge in [0, 0.05) is 24.4 Å². The van der Waals surface area contributed by atoms with Crippen LogP contribution in [0.4, 0.5) is 10.3 Å². The maximum Gasteiger partial charge on any atom is 0.222 e. The first-order chi connectivity index (χ1) is 8.58. The van der Waals surface area contributed by atoms with Crippen molar-refractivity contribution in [3.63, 3.8) is 0 Å². The molecule has 1 heterocycles. The molecular formula is C14H16FN3. The number of nitrogens with zero attached hydrogens (tertiary/aromatic N) is 2. The third kappa shape index (κ3) is 3.03. The molecule has 0 saturated heterocycles. The Morgan fingerprint density at radius 3 is 2.56 bits per heavy atom. The van der Waals surface area contributed by atoms with Crippen LogP contribution in [0.2, 0.25) is 0 Å². The summed E-state index contributed by atoms with van der Waals surface area (Å²) in [5.41, 5.74) is 0.757. The normalized spacial score (nSPS) is 11.3. The highest BCUT2D eigenvalue weighted by atomic mass is 19.1. The lowest BCUT2D eigenvalue weighted by molar-refractivity contribution is 0.544. The van der Waals surface area contributed by atoms with Gasteiger partial charge in [0.25, 0.3) is 0 Å². The van der Waals surface area contributed by atoms with Crippen LogP contribution in [-0.4, -0.2) is 16.5 Å². The van der Waals surface area contributed by atoms with Gasteiger partial charge >= 0.3 is 0 Å². The fourth-order valence-corrected chi connectivity index (χ4v) is 1.70. The van der Waals surface area contributed by atoms with Gasteiger partial charge in [0.2, 0.25) is 5.95 Å². The number of nitrogens with one attached hydrogen (secondary N) is 1. The molecule has 0 spiro atoms. The van der Waals surface area contributed by atoms with E-state index in [0.717, 1.165) is 5.56 Å². The number of hydrogen-bond donors (Lipinski definition) is 1. The molecule has 0 unspecified atom stereocenters. The Morgan fingerprint density at radius 2 is 1.89 bits per heavy atom. The fourth-order valence-electron chi connectivity index (χ4n) is 1.70.